The van der Waals surface area contributed by atoms with Crippen molar-refractivity contribution >= 4 is 5.97 Å². The van der Waals surface area contributed by atoms with Crippen LogP contribution < -0.4 is 0 Å². The fraction of sp³-hybridized carbons (Fsp3) is 0.825. The lowest BCUT2D eigenvalue weighted by atomic mass is 9.79. The van der Waals surface area contributed by atoms with E-state index >= 15 is 0 Å². The third-order valence-electron chi connectivity index (χ3n) is 11.1. The first-order chi connectivity index (χ1) is 24.1. The van der Waals surface area contributed by atoms with Crippen molar-refractivity contribution in [3.05, 3.63) is 36.0 Å². The molecule has 11 nitrogen and oxygen atoms in total. The summed E-state index contributed by atoms with van der Waals surface area (Å²) in [6.45, 7) is 11.3. The first-order valence-corrected chi connectivity index (χ1v) is 19.0. The highest BCUT2D eigenvalue weighted by Crippen LogP contribution is 2.31. The molecule has 0 bridgehead atoms. The summed E-state index contributed by atoms with van der Waals surface area (Å²) in [4.78, 5) is 11.3. The van der Waals surface area contributed by atoms with Gasteiger partial charge in [0.05, 0.1) is 74.3 Å². The van der Waals surface area contributed by atoms with Crippen LogP contribution in [0.15, 0.2) is 36.0 Å². The van der Waals surface area contributed by atoms with E-state index in [-0.39, 0.29) is 54.9 Å². The number of carbonyl (C=O) groups excluding carboxylic acids is 1. The van der Waals surface area contributed by atoms with Crippen LogP contribution in [-0.2, 0) is 28.5 Å². The lowest BCUT2D eigenvalue weighted by Gasteiger charge is -2.37. The number of carbonyl (C=O) groups is 1. The standard InChI is InChI=1S/C40H70O11/c1-24(14-18-38(44)49-9)13-16-30(41)20-31-11-10-12-32(51-31)22-37(48-8)27(4)35(42)23-36(43)28(5)40(46)29(6)39(45)25(2)15-17-33-21-34(47-7)19-26(3)50-33/h10-11,13-14,18,25-37,39-43,45-46H,12,15-17,19-23H2,1-9H3/b18-14+,24-13+/t25-,26-,27-,28-,29-,30-,31-,32-,33-,34+,35-,36+,37-,39-,40-/m0/s1. The zero-order valence-electron chi connectivity index (χ0n) is 32.6. The van der Waals surface area contributed by atoms with E-state index in [1.54, 1.807) is 27.2 Å². The Hall–Kier alpha value is -1.67. The zero-order chi connectivity index (χ0) is 38.2. The number of hydrogen-bond donors (Lipinski definition) is 5. The second kappa shape index (κ2) is 23.2. The van der Waals surface area contributed by atoms with E-state index in [4.69, 9.17) is 18.9 Å². The maximum Gasteiger partial charge on any atom is 0.330 e. The summed E-state index contributed by atoms with van der Waals surface area (Å²) in [6, 6.07) is 0. The van der Waals surface area contributed by atoms with Crippen molar-refractivity contribution in [1.29, 1.82) is 0 Å². The number of rotatable bonds is 22. The van der Waals surface area contributed by atoms with Gasteiger partial charge in [0, 0.05) is 50.9 Å². The topological polar surface area (TPSA) is 164 Å². The highest BCUT2D eigenvalue weighted by atomic mass is 16.5. The smallest absolute Gasteiger partial charge is 0.330 e. The predicted molar refractivity (Wildman–Crippen MR) is 197 cm³/mol. The summed E-state index contributed by atoms with van der Waals surface area (Å²) >= 11 is 0. The van der Waals surface area contributed by atoms with Gasteiger partial charge in [0.2, 0.25) is 0 Å². The van der Waals surface area contributed by atoms with Gasteiger partial charge in [-0.25, -0.2) is 4.79 Å². The fourth-order valence-electron chi connectivity index (χ4n) is 7.37. The number of allylic oxidation sites excluding steroid dienone is 2. The third kappa shape index (κ3) is 15.7. The normalized spacial score (nSPS) is 29.1. The second-order valence-corrected chi connectivity index (χ2v) is 15.3. The molecule has 0 spiro atoms. The number of esters is 1. The van der Waals surface area contributed by atoms with Gasteiger partial charge in [-0.3, -0.25) is 0 Å². The molecule has 0 aromatic heterocycles. The average Bonchev–Trinajstić information content (AvgIpc) is 3.12. The molecule has 15 atom stereocenters. The van der Waals surface area contributed by atoms with Crippen LogP contribution in [0.25, 0.3) is 0 Å². The number of aliphatic hydroxyl groups excluding tert-OH is 5. The molecule has 2 aliphatic rings. The first-order valence-electron chi connectivity index (χ1n) is 19.0. The number of hydrogen-bond acceptors (Lipinski definition) is 11. The molecule has 0 aromatic rings. The van der Waals surface area contributed by atoms with E-state index in [0.29, 0.717) is 25.7 Å². The predicted octanol–water partition coefficient (Wildman–Crippen LogP) is 4.66. The van der Waals surface area contributed by atoms with Crippen molar-refractivity contribution in [2.45, 2.75) is 166 Å². The molecular weight excluding hydrogens is 656 g/mol. The van der Waals surface area contributed by atoms with Crippen LogP contribution in [0.4, 0.5) is 0 Å². The summed E-state index contributed by atoms with van der Waals surface area (Å²) in [6.07, 6.45) is 9.56. The molecule has 0 radical (unpaired) electrons. The molecule has 2 heterocycles. The number of methoxy groups -OCH3 is 3. The van der Waals surface area contributed by atoms with E-state index < -0.39 is 48.3 Å². The van der Waals surface area contributed by atoms with Crippen LogP contribution >= 0.6 is 0 Å². The molecule has 0 amide bonds. The Morgan fingerprint density at radius 3 is 2.22 bits per heavy atom. The van der Waals surface area contributed by atoms with E-state index in [1.165, 1.54) is 13.2 Å². The molecule has 0 aromatic carbocycles. The van der Waals surface area contributed by atoms with Gasteiger partial charge in [-0.05, 0) is 64.7 Å². The van der Waals surface area contributed by atoms with E-state index in [9.17, 15) is 30.3 Å². The Balaban J connectivity index is 1.84. The van der Waals surface area contributed by atoms with Crippen molar-refractivity contribution in [2.24, 2.45) is 23.7 Å². The van der Waals surface area contributed by atoms with E-state index in [0.717, 1.165) is 31.3 Å². The zero-order valence-corrected chi connectivity index (χ0v) is 32.6. The largest absolute Gasteiger partial charge is 0.466 e. The summed E-state index contributed by atoms with van der Waals surface area (Å²) in [5.74, 6) is -1.89. The Bertz CT molecular complexity index is 1080. The van der Waals surface area contributed by atoms with Gasteiger partial charge in [-0.2, -0.15) is 0 Å². The van der Waals surface area contributed by atoms with Gasteiger partial charge in [-0.1, -0.05) is 57.6 Å². The molecule has 1 fully saturated rings. The molecule has 0 aliphatic carbocycles. The SMILES string of the molecule is COC(=O)/C=C/C(C)=C/C[C@H](O)C[C@@H]1C=CC[C@@H](C[C@H](OC)[C@@H](C)[C@@H](O)C[C@@H](O)[C@H](C)[C@H](O)[C@@H](C)[C@@H](O)[C@@H](C)CC[C@H]2C[C@H](OC)C[C@H](C)O2)O1. The molecular formula is C40H70O11. The molecule has 51 heavy (non-hydrogen) atoms. The summed E-state index contributed by atoms with van der Waals surface area (Å²) in [5.41, 5.74) is 0.843. The molecule has 2 aliphatic heterocycles. The second-order valence-electron chi connectivity index (χ2n) is 15.3. The van der Waals surface area contributed by atoms with Crippen LogP contribution in [0.2, 0.25) is 0 Å². The fourth-order valence-corrected chi connectivity index (χ4v) is 7.37. The molecule has 5 N–H and O–H groups in total. The minimum Gasteiger partial charge on any atom is -0.466 e. The quantitative estimate of drug-likeness (QED) is 0.0456. The Labute approximate surface area is 307 Å². The van der Waals surface area contributed by atoms with Crippen molar-refractivity contribution in [3.63, 3.8) is 0 Å². The summed E-state index contributed by atoms with van der Waals surface area (Å²) in [5, 5.41) is 55.2. The average molecular weight is 727 g/mol. The van der Waals surface area contributed by atoms with Gasteiger partial charge in [0.1, 0.15) is 0 Å². The van der Waals surface area contributed by atoms with Gasteiger partial charge in [0.25, 0.3) is 0 Å². The monoisotopic (exact) mass is 726 g/mol. The molecule has 0 unspecified atom stereocenters. The number of ether oxygens (including phenoxy) is 5. The summed E-state index contributed by atoms with van der Waals surface area (Å²) < 4.78 is 28.3. The van der Waals surface area contributed by atoms with E-state index in [2.05, 4.69) is 11.7 Å². The lowest BCUT2D eigenvalue weighted by molar-refractivity contribution is -0.134. The van der Waals surface area contributed by atoms with Crippen LogP contribution in [0.1, 0.15) is 99.3 Å². The minimum atomic E-state index is -0.989. The maximum absolute atomic E-state index is 11.3. The Morgan fingerprint density at radius 1 is 0.882 bits per heavy atom. The third-order valence-corrected chi connectivity index (χ3v) is 11.1. The van der Waals surface area contributed by atoms with Crippen molar-refractivity contribution in [2.75, 3.05) is 21.3 Å². The molecule has 11 heteroatoms. The van der Waals surface area contributed by atoms with Crippen LogP contribution in [0, 0.1) is 23.7 Å². The molecule has 1 saturated heterocycles. The van der Waals surface area contributed by atoms with Crippen molar-refractivity contribution in [3.8, 4) is 0 Å². The van der Waals surface area contributed by atoms with Crippen LogP contribution in [-0.4, -0.2) is 120 Å². The highest BCUT2D eigenvalue weighted by molar-refractivity contribution is 5.82. The van der Waals surface area contributed by atoms with Crippen LogP contribution in [0.3, 0.4) is 0 Å². The minimum absolute atomic E-state index is 0.0531. The Kier molecular flexibility index (Phi) is 20.7. The molecule has 296 valence electrons. The van der Waals surface area contributed by atoms with E-state index in [1.807, 2.05) is 45.9 Å². The van der Waals surface area contributed by atoms with Gasteiger partial charge in [0.15, 0.2) is 0 Å². The van der Waals surface area contributed by atoms with Gasteiger partial charge in [-0.15, -0.1) is 0 Å². The van der Waals surface area contributed by atoms with Crippen LogP contribution in [0.5, 0.6) is 0 Å². The molecule has 2 rings (SSSR count). The first kappa shape index (κ1) is 45.5. The van der Waals surface area contributed by atoms with Gasteiger partial charge >= 0.3 is 5.97 Å². The van der Waals surface area contributed by atoms with Gasteiger partial charge < -0.3 is 49.2 Å². The maximum atomic E-state index is 11.3. The number of aliphatic hydroxyl groups is 5. The molecule has 0 saturated carbocycles. The lowest BCUT2D eigenvalue weighted by Crippen LogP contribution is -2.43. The van der Waals surface area contributed by atoms with Crippen molar-refractivity contribution < 1.29 is 54.0 Å². The highest BCUT2D eigenvalue weighted by Gasteiger charge is 2.37. The van der Waals surface area contributed by atoms with Crippen molar-refractivity contribution in [1.82, 2.24) is 0 Å². The summed E-state index contributed by atoms with van der Waals surface area (Å²) in [7, 11) is 4.65. The Morgan fingerprint density at radius 2 is 1.57 bits per heavy atom.